The van der Waals surface area contributed by atoms with Crippen LogP contribution >= 0.6 is 0 Å². The second-order valence-electron chi connectivity index (χ2n) is 2.78. The normalized spacial score (nSPS) is 13.0. The smallest absolute Gasteiger partial charge is 1.00 e. The van der Waals surface area contributed by atoms with Gasteiger partial charge >= 0.3 is 25.8 Å². The molecular weight excluding hydrogens is 357 g/mol. The Kier molecular flexibility index (Phi) is 9.20. The van der Waals surface area contributed by atoms with Crippen molar-refractivity contribution in [1.29, 1.82) is 0 Å². The van der Waals surface area contributed by atoms with E-state index in [1.807, 2.05) is 0 Å². The molecule has 64 valence electrons. The third-order valence-electron chi connectivity index (χ3n) is 2.15. The van der Waals surface area contributed by atoms with Crippen LogP contribution in [-0.2, 0) is 38.7 Å². The maximum atomic E-state index is 2.26. The predicted octanol–water partition coefficient (Wildman–Crippen LogP) is -3.71. The average molecular weight is 369 g/mol. The zero-order valence-electron chi connectivity index (χ0n) is 6.82. The summed E-state index contributed by atoms with van der Waals surface area (Å²) >= 11 is 0. The Morgan fingerprint density at radius 3 is 2.42 bits per heavy atom. The van der Waals surface area contributed by atoms with Gasteiger partial charge in [0.2, 0.25) is 0 Å². The van der Waals surface area contributed by atoms with Crippen LogP contribution in [0.1, 0.15) is 24.0 Å². The summed E-state index contributed by atoms with van der Waals surface area (Å²) < 4.78 is 0. The van der Waals surface area contributed by atoms with E-state index in [0.29, 0.717) is 0 Å². The zero-order chi connectivity index (χ0) is 6.10. The first-order valence-corrected chi connectivity index (χ1v) is 3.70. The average Bonchev–Trinajstić information content (AvgIpc) is 2.33. The van der Waals surface area contributed by atoms with Crippen LogP contribution in [0.3, 0.4) is 0 Å². The summed E-state index contributed by atoms with van der Waals surface area (Å²) in [5.74, 6) is 0. The zero-order valence-corrected chi connectivity index (χ0v) is 11.9. The predicted molar refractivity (Wildman–Crippen MR) is 38.7 cm³/mol. The van der Waals surface area contributed by atoms with E-state index in [4.69, 9.17) is 0 Å². The molecule has 0 unspecified atom stereocenters. The van der Waals surface area contributed by atoms with Gasteiger partial charge in [-0.2, -0.15) is 23.3 Å². The molecule has 0 N–H and O–H groups in total. The van der Waals surface area contributed by atoms with Crippen molar-refractivity contribution in [1.82, 2.24) is 0 Å². The summed E-state index contributed by atoms with van der Waals surface area (Å²) in [6.45, 7) is 0. The second-order valence-corrected chi connectivity index (χ2v) is 2.78. The summed E-state index contributed by atoms with van der Waals surface area (Å²) in [4.78, 5) is 0. The van der Waals surface area contributed by atoms with Crippen molar-refractivity contribution in [2.24, 2.45) is 0 Å². The van der Waals surface area contributed by atoms with Gasteiger partial charge in [0.25, 0.3) is 0 Å². The second kappa shape index (κ2) is 7.23. The minimum Gasteiger partial charge on any atom is -1.00 e. The van der Waals surface area contributed by atoms with Crippen LogP contribution in [0.15, 0.2) is 18.2 Å². The Labute approximate surface area is 105 Å². The maximum Gasteiger partial charge on any atom is 4.00 e. The van der Waals surface area contributed by atoms with Crippen LogP contribution in [0, 0.1) is 0 Å². The largest absolute Gasteiger partial charge is 4.00 e. The molecule has 0 aliphatic heterocycles. The van der Waals surface area contributed by atoms with Gasteiger partial charge in [-0.3, -0.25) is 0 Å². The van der Waals surface area contributed by atoms with Gasteiger partial charge in [-0.25, -0.2) is 6.07 Å². The first kappa shape index (κ1) is 15.3. The van der Waals surface area contributed by atoms with E-state index in [1.165, 1.54) is 25.7 Å². The van der Waals surface area contributed by atoms with E-state index in [2.05, 4.69) is 18.2 Å². The van der Waals surface area contributed by atoms with Gasteiger partial charge in [0.05, 0.1) is 0 Å². The molecule has 3 heteroatoms. The van der Waals surface area contributed by atoms with Crippen LogP contribution in [0.5, 0.6) is 0 Å². The molecule has 0 heterocycles. The fourth-order valence-electron chi connectivity index (χ4n) is 1.61. The molecule has 1 aromatic rings. The molecule has 0 spiro atoms. The molecule has 1 aliphatic carbocycles. The standard InChI is InChI=1S/C9H11.2ClH.Hf/c1-2-5-9-7-3-6-8(9)4-1;;;/h3,6-7H,1-2,4-5H2;2*1H;/q-1;;;+4/p-2. The van der Waals surface area contributed by atoms with Gasteiger partial charge in [0, 0.05) is 0 Å². The summed E-state index contributed by atoms with van der Waals surface area (Å²) in [7, 11) is 0. The molecule has 0 radical (unpaired) electrons. The van der Waals surface area contributed by atoms with E-state index < -0.39 is 0 Å². The summed E-state index contributed by atoms with van der Waals surface area (Å²) in [6.07, 6.45) is 5.44. The molecule has 2 rings (SSSR count). The minimum absolute atomic E-state index is 0. The molecule has 0 aromatic heterocycles. The molecule has 0 atom stereocenters. The first-order valence-electron chi connectivity index (χ1n) is 3.70. The quantitative estimate of drug-likeness (QED) is 0.327. The SMILES string of the molecule is [Cl-].[Cl-].[Hf+4].c1cc2c([cH-]1)CCCC2. The van der Waals surface area contributed by atoms with Crippen LogP contribution in [0.25, 0.3) is 0 Å². The molecule has 0 bridgehead atoms. The van der Waals surface area contributed by atoms with Crippen LogP contribution in [0.2, 0.25) is 0 Å². The molecule has 1 aromatic carbocycles. The van der Waals surface area contributed by atoms with E-state index in [1.54, 1.807) is 11.1 Å². The van der Waals surface area contributed by atoms with E-state index in [9.17, 15) is 0 Å². The Morgan fingerprint density at radius 1 is 1.08 bits per heavy atom. The van der Waals surface area contributed by atoms with Crippen molar-refractivity contribution in [3.63, 3.8) is 0 Å². The molecule has 0 nitrogen and oxygen atoms in total. The monoisotopic (exact) mass is 369 g/mol. The van der Waals surface area contributed by atoms with Crippen LogP contribution in [-0.4, -0.2) is 0 Å². The third kappa shape index (κ3) is 3.27. The van der Waals surface area contributed by atoms with Gasteiger partial charge in [-0.1, -0.05) is 25.7 Å². The molecular formula is C9H11Cl2Hf+. The molecule has 0 amide bonds. The Balaban J connectivity index is 0. The number of rotatable bonds is 0. The molecule has 1 aliphatic rings. The summed E-state index contributed by atoms with van der Waals surface area (Å²) in [5, 5.41) is 0. The van der Waals surface area contributed by atoms with E-state index in [-0.39, 0.29) is 50.7 Å². The molecule has 0 saturated heterocycles. The third-order valence-corrected chi connectivity index (χ3v) is 2.15. The number of aryl methyl sites for hydroxylation is 2. The van der Waals surface area contributed by atoms with Gasteiger partial charge in [0.15, 0.2) is 0 Å². The number of fused-ring (bicyclic) bond motifs is 1. The molecule has 0 fully saturated rings. The van der Waals surface area contributed by atoms with Gasteiger partial charge in [-0.05, 0) is 0 Å². The summed E-state index contributed by atoms with van der Waals surface area (Å²) in [5.41, 5.74) is 3.20. The van der Waals surface area contributed by atoms with Gasteiger partial charge in [0.1, 0.15) is 0 Å². The van der Waals surface area contributed by atoms with Gasteiger partial charge < -0.3 is 24.8 Å². The summed E-state index contributed by atoms with van der Waals surface area (Å²) in [6, 6.07) is 6.69. The van der Waals surface area contributed by atoms with Crippen molar-refractivity contribution in [3.05, 3.63) is 29.3 Å². The van der Waals surface area contributed by atoms with Crippen molar-refractivity contribution >= 4 is 0 Å². The number of hydrogen-bond donors (Lipinski definition) is 0. The fraction of sp³-hybridized carbons (Fsp3) is 0.444. The Hall–Kier alpha value is 0.800. The fourth-order valence-corrected chi connectivity index (χ4v) is 1.61. The van der Waals surface area contributed by atoms with Gasteiger partial charge in [-0.15, -0.1) is 0 Å². The topological polar surface area (TPSA) is 0 Å². The van der Waals surface area contributed by atoms with Crippen LogP contribution < -0.4 is 24.8 Å². The first-order chi connectivity index (χ1) is 4.47. The maximum absolute atomic E-state index is 2.26. The number of hydrogen-bond acceptors (Lipinski definition) is 0. The molecule has 12 heavy (non-hydrogen) atoms. The van der Waals surface area contributed by atoms with Crippen molar-refractivity contribution < 1.29 is 50.7 Å². The minimum atomic E-state index is 0. The van der Waals surface area contributed by atoms with Crippen LogP contribution in [0.4, 0.5) is 0 Å². The van der Waals surface area contributed by atoms with Crippen molar-refractivity contribution in [2.75, 3.05) is 0 Å². The Morgan fingerprint density at radius 2 is 1.75 bits per heavy atom. The Bertz CT molecular complexity index is 188. The van der Waals surface area contributed by atoms with Crippen molar-refractivity contribution in [3.8, 4) is 0 Å². The van der Waals surface area contributed by atoms with Crippen molar-refractivity contribution in [2.45, 2.75) is 25.7 Å². The van der Waals surface area contributed by atoms with E-state index >= 15 is 0 Å². The molecule has 0 saturated carbocycles. The van der Waals surface area contributed by atoms with E-state index in [0.717, 1.165) is 0 Å². The number of halogens is 2.